The lowest BCUT2D eigenvalue weighted by atomic mass is 10.1. The van der Waals surface area contributed by atoms with Crippen molar-refractivity contribution in [2.24, 2.45) is 0 Å². The highest BCUT2D eigenvalue weighted by molar-refractivity contribution is 14.1. The van der Waals surface area contributed by atoms with Gasteiger partial charge >= 0.3 is 5.97 Å². The van der Waals surface area contributed by atoms with Crippen LogP contribution in [0.1, 0.15) is 39.5 Å². The molecule has 0 aliphatic heterocycles. The molecule has 0 aromatic heterocycles. The zero-order valence-electron chi connectivity index (χ0n) is 7.81. The summed E-state index contributed by atoms with van der Waals surface area (Å²) in [6, 6.07) is 0. The number of halogens is 1. The van der Waals surface area contributed by atoms with E-state index in [-0.39, 0.29) is 12.1 Å². The van der Waals surface area contributed by atoms with Crippen LogP contribution in [0.2, 0.25) is 0 Å². The van der Waals surface area contributed by atoms with Crippen LogP contribution in [0.25, 0.3) is 0 Å². The smallest absolute Gasteiger partial charge is 0.306 e. The highest BCUT2D eigenvalue weighted by Gasteiger charge is 2.10. The summed E-state index contributed by atoms with van der Waals surface area (Å²) in [4.78, 5) is 11.1. The van der Waals surface area contributed by atoms with Gasteiger partial charge in [-0.05, 0) is 12.8 Å². The molecule has 0 aliphatic rings. The van der Waals surface area contributed by atoms with Crippen molar-refractivity contribution in [3.05, 3.63) is 0 Å². The maximum atomic E-state index is 11.1. The van der Waals surface area contributed by atoms with Crippen LogP contribution in [-0.2, 0) is 9.53 Å². The van der Waals surface area contributed by atoms with Gasteiger partial charge in [-0.3, -0.25) is 4.79 Å². The summed E-state index contributed by atoms with van der Waals surface area (Å²) in [5, 5.41) is 0. The first-order valence-corrected chi connectivity index (χ1v) is 6.02. The lowest BCUT2D eigenvalue weighted by Crippen LogP contribution is -2.17. The van der Waals surface area contributed by atoms with Crippen molar-refractivity contribution in [2.45, 2.75) is 45.6 Å². The molecule has 0 fully saturated rings. The topological polar surface area (TPSA) is 26.3 Å². The van der Waals surface area contributed by atoms with E-state index in [1.807, 2.05) is 0 Å². The number of hydrogen-bond donors (Lipinski definition) is 0. The molecule has 0 radical (unpaired) electrons. The van der Waals surface area contributed by atoms with E-state index in [4.69, 9.17) is 4.74 Å². The molecule has 0 bridgehead atoms. The van der Waals surface area contributed by atoms with E-state index in [0.29, 0.717) is 6.42 Å². The van der Waals surface area contributed by atoms with Crippen LogP contribution in [0.5, 0.6) is 0 Å². The van der Waals surface area contributed by atoms with Gasteiger partial charge in [0.15, 0.2) is 0 Å². The number of ether oxygens (including phenoxy) is 1. The molecule has 0 saturated carbocycles. The van der Waals surface area contributed by atoms with Crippen molar-refractivity contribution in [1.82, 2.24) is 0 Å². The van der Waals surface area contributed by atoms with Crippen molar-refractivity contribution < 1.29 is 9.53 Å². The van der Waals surface area contributed by atoms with Crippen LogP contribution in [0.4, 0.5) is 0 Å². The minimum atomic E-state index is -0.0512. The number of carbonyl (C=O) groups excluding carboxylic acids is 1. The number of esters is 1. The van der Waals surface area contributed by atoms with E-state index in [2.05, 4.69) is 36.4 Å². The molecule has 0 aromatic rings. The van der Waals surface area contributed by atoms with Crippen molar-refractivity contribution in [1.29, 1.82) is 0 Å². The third-order valence-corrected chi connectivity index (χ3v) is 2.20. The average molecular weight is 284 g/mol. The summed E-state index contributed by atoms with van der Waals surface area (Å²) in [7, 11) is 0. The number of carbonyl (C=O) groups is 1. The average Bonchev–Trinajstić information content (AvgIpc) is 2.04. The minimum absolute atomic E-state index is 0.0512. The van der Waals surface area contributed by atoms with E-state index in [1.165, 1.54) is 0 Å². The third kappa shape index (κ3) is 5.80. The van der Waals surface area contributed by atoms with Crippen LogP contribution in [0.15, 0.2) is 0 Å². The molecule has 0 rings (SSSR count). The van der Waals surface area contributed by atoms with Crippen molar-refractivity contribution in [3.63, 3.8) is 0 Å². The first kappa shape index (κ1) is 12.2. The Morgan fingerprint density at radius 1 is 1.50 bits per heavy atom. The fraction of sp³-hybridized carbons (Fsp3) is 0.889. The molecule has 1 atom stereocenters. The first-order valence-electron chi connectivity index (χ1n) is 4.50. The molecular formula is C9H17IO2. The van der Waals surface area contributed by atoms with Gasteiger partial charge in [0.2, 0.25) is 0 Å². The fourth-order valence-corrected chi connectivity index (χ4v) is 1.43. The molecule has 72 valence electrons. The molecule has 0 saturated heterocycles. The van der Waals surface area contributed by atoms with Gasteiger partial charge in [-0.1, -0.05) is 42.9 Å². The predicted octanol–water partition coefficient (Wildman–Crippen LogP) is 2.93. The molecule has 12 heavy (non-hydrogen) atoms. The van der Waals surface area contributed by atoms with Crippen molar-refractivity contribution in [3.8, 4) is 0 Å². The molecular weight excluding hydrogens is 267 g/mol. The SMILES string of the molecule is CCCC(CC)OC(=O)CCI. The Morgan fingerprint density at radius 2 is 2.17 bits per heavy atom. The summed E-state index contributed by atoms with van der Waals surface area (Å²) in [5.41, 5.74) is 0. The maximum absolute atomic E-state index is 11.1. The Hall–Kier alpha value is 0.200. The van der Waals surface area contributed by atoms with Gasteiger partial charge in [0.1, 0.15) is 6.10 Å². The maximum Gasteiger partial charge on any atom is 0.306 e. The second-order valence-corrected chi connectivity index (χ2v) is 3.83. The van der Waals surface area contributed by atoms with Crippen LogP contribution >= 0.6 is 22.6 Å². The second-order valence-electron chi connectivity index (χ2n) is 2.75. The van der Waals surface area contributed by atoms with Gasteiger partial charge in [-0.15, -0.1) is 0 Å². The normalized spacial score (nSPS) is 12.6. The molecule has 0 amide bonds. The Labute approximate surface area is 88.2 Å². The minimum Gasteiger partial charge on any atom is -0.462 e. The summed E-state index contributed by atoms with van der Waals surface area (Å²) < 4.78 is 6.08. The van der Waals surface area contributed by atoms with Crippen LogP contribution in [-0.4, -0.2) is 16.5 Å². The second kappa shape index (κ2) is 7.83. The highest BCUT2D eigenvalue weighted by Crippen LogP contribution is 2.07. The van der Waals surface area contributed by atoms with Crippen molar-refractivity contribution >= 4 is 28.6 Å². The van der Waals surface area contributed by atoms with Crippen LogP contribution in [0.3, 0.4) is 0 Å². The fourth-order valence-electron chi connectivity index (χ4n) is 0.990. The number of alkyl halides is 1. The molecule has 1 unspecified atom stereocenters. The summed E-state index contributed by atoms with van der Waals surface area (Å²) in [5.74, 6) is -0.0512. The van der Waals surface area contributed by atoms with Crippen molar-refractivity contribution in [2.75, 3.05) is 4.43 Å². The van der Waals surface area contributed by atoms with E-state index >= 15 is 0 Å². The monoisotopic (exact) mass is 284 g/mol. The Morgan fingerprint density at radius 3 is 2.58 bits per heavy atom. The summed E-state index contributed by atoms with van der Waals surface area (Å²) in [6.45, 7) is 4.16. The van der Waals surface area contributed by atoms with Crippen LogP contribution in [0, 0.1) is 0 Å². The molecule has 3 heteroatoms. The quantitative estimate of drug-likeness (QED) is 0.426. The van der Waals surface area contributed by atoms with Gasteiger partial charge in [0.05, 0.1) is 6.42 Å². The molecule has 0 aliphatic carbocycles. The Balaban J connectivity index is 3.61. The zero-order chi connectivity index (χ0) is 9.40. The first-order chi connectivity index (χ1) is 5.74. The van der Waals surface area contributed by atoms with Gasteiger partial charge in [0, 0.05) is 4.43 Å². The van der Waals surface area contributed by atoms with E-state index in [9.17, 15) is 4.79 Å². The lowest BCUT2D eigenvalue weighted by molar-refractivity contribution is -0.148. The van der Waals surface area contributed by atoms with E-state index < -0.39 is 0 Å². The van der Waals surface area contributed by atoms with Gasteiger partial charge in [-0.2, -0.15) is 0 Å². The number of rotatable bonds is 6. The van der Waals surface area contributed by atoms with E-state index in [1.54, 1.807) is 0 Å². The third-order valence-electron chi connectivity index (χ3n) is 1.66. The Bertz CT molecular complexity index is 126. The molecule has 2 nitrogen and oxygen atoms in total. The molecule has 0 N–H and O–H groups in total. The molecule has 0 aromatic carbocycles. The Kier molecular flexibility index (Phi) is 7.96. The predicted molar refractivity (Wildman–Crippen MR) is 58.6 cm³/mol. The highest BCUT2D eigenvalue weighted by atomic mass is 127. The van der Waals surface area contributed by atoms with E-state index in [0.717, 1.165) is 23.7 Å². The summed E-state index contributed by atoms with van der Waals surface area (Å²) in [6.07, 6.45) is 3.69. The van der Waals surface area contributed by atoms with Gasteiger partial charge in [-0.25, -0.2) is 0 Å². The van der Waals surface area contributed by atoms with Gasteiger partial charge < -0.3 is 4.74 Å². The number of hydrogen-bond acceptors (Lipinski definition) is 2. The lowest BCUT2D eigenvalue weighted by Gasteiger charge is -2.14. The largest absolute Gasteiger partial charge is 0.462 e. The molecule has 0 heterocycles. The summed E-state index contributed by atoms with van der Waals surface area (Å²) >= 11 is 2.18. The standard InChI is InChI=1S/C9H17IO2/c1-3-5-8(4-2)12-9(11)6-7-10/h8H,3-7H2,1-2H3. The zero-order valence-corrected chi connectivity index (χ0v) is 9.96. The molecule has 0 spiro atoms. The van der Waals surface area contributed by atoms with Crippen LogP contribution < -0.4 is 0 Å². The van der Waals surface area contributed by atoms with Gasteiger partial charge in [0.25, 0.3) is 0 Å².